The lowest BCUT2D eigenvalue weighted by atomic mass is 9.86. The molecular formula is C65H98F5N11O12. The SMILES string of the molecule is C=N/C(=C\N(N)CCOCCOCCOCCOCCC(=O)Oc1c(F)cc(F)cc1F)COCCOCCOCCOCCN1CCN(CCCC(=O)N2CC(C(=N)N(C(C)=N)C3CC4CCC3N4CC[C@H](NC(=O)C3CCC(F)(F)CC3)c3ccccc3)C2)CC1. The van der Waals surface area contributed by atoms with Crippen molar-refractivity contribution in [2.75, 3.05) is 171 Å². The monoisotopic (exact) mass is 1320 g/mol. The van der Waals surface area contributed by atoms with Gasteiger partial charge in [-0.25, -0.2) is 27.8 Å². The number of amides is 2. The summed E-state index contributed by atoms with van der Waals surface area (Å²) in [7, 11) is 0. The third-order valence-corrected chi connectivity index (χ3v) is 17.5. The minimum absolute atomic E-state index is 0.00335. The molecule has 0 radical (unpaired) electrons. The average molecular weight is 1320 g/mol. The summed E-state index contributed by atoms with van der Waals surface area (Å²) in [6, 6.07) is 10.9. The van der Waals surface area contributed by atoms with E-state index >= 15 is 0 Å². The van der Waals surface area contributed by atoms with Crippen LogP contribution in [0.1, 0.15) is 89.2 Å². The van der Waals surface area contributed by atoms with Crippen LogP contribution in [0.4, 0.5) is 22.0 Å². The smallest absolute Gasteiger partial charge is 0.313 e. The Kier molecular flexibility index (Phi) is 32.2. The first kappa shape index (κ1) is 74.8. The first-order valence-corrected chi connectivity index (χ1v) is 32.8. The maximum Gasteiger partial charge on any atom is 0.313 e. The maximum atomic E-state index is 13.9. The third-order valence-electron chi connectivity index (χ3n) is 17.5. The zero-order valence-electron chi connectivity index (χ0n) is 53.9. The second-order valence-corrected chi connectivity index (χ2v) is 24.1. The Labute approximate surface area is 543 Å². The van der Waals surface area contributed by atoms with E-state index in [-0.39, 0.29) is 94.4 Å². The lowest BCUT2D eigenvalue weighted by Crippen LogP contribution is -2.59. The van der Waals surface area contributed by atoms with Crippen LogP contribution in [0, 0.1) is 40.1 Å². The number of ether oxygens (including phenoxy) is 9. The molecule has 2 aromatic carbocycles. The van der Waals surface area contributed by atoms with Crippen LogP contribution < -0.4 is 15.9 Å². The van der Waals surface area contributed by atoms with Gasteiger partial charge in [-0.05, 0) is 70.7 Å². The first-order chi connectivity index (χ1) is 45.0. The van der Waals surface area contributed by atoms with Crippen molar-refractivity contribution in [2.24, 2.45) is 22.7 Å². The van der Waals surface area contributed by atoms with Crippen molar-refractivity contribution in [2.45, 2.75) is 108 Å². The van der Waals surface area contributed by atoms with Crippen molar-refractivity contribution < 1.29 is 79.0 Å². The van der Waals surface area contributed by atoms with E-state index in [1.165, 1.54) is 5.01 Å². The van der Waals surface area contributed by atoms with Gasteiger partial charge in [-0.15, -0.1) is 0 Å². The summed E-state index contributed by atoms with van der Waals surface area (Å²) in [6.45, 7) is 18.3. The van der Waals surface area contributed by atoms with Gasteiger partial charge >= 0.3 is 5.97 Å². The Bertz CT molecular complexity index is 2630. The minimum Gasteiger partial charge on any atom is -0.420 e. The fourth-order valence-electron chi connectivity index (χ4n) is 12.4. The van der Waals surface area contributed by atoms with E-state index in [9.17, 15) is 41.7 Å². The van der Waals surface area contributed by atoms with Crippen molar-refractivity contribution in [1.82, 2.24) is 34.8 Å². The van der Waals surface area contributed by atoms with Gasteiger partial charge in [0.1, 0.15) is 11.7 Å². The molecule has 1 saturated carbocycles. The van der Waals surface area contributed by atoms with Crippen LogP contribution in [-0.2, 0) is 52.3 Å². The summed E-state index contributed by atoms with van der Waals surface area (Å²) < 4.78 is 117. The van der Waals surface area contributed by atoms with Crippen molar-refractivity contribution in [1.29, 1.82) is 10.8 Å². The Morgan fingerprint density at radius 3 is 1.88 bits per heavy atom. The highest BCUT2D eigenvalue weighted by molar-refractivity contribution is 5.99. The number of halogens is 5. The zero-order valence-corrected chi connectivity index (χ0v) is 53.9. The van der Waals surface area contributed by atoms with Crippen molar-refractivity contribution in [3.8, 4) is 5.75 Å². The Morgan fingerprint density at radius 1 is 0.731 bits per heavy atom. The molecule has 0 aromatic heterocycles. The molecule has 4 aliphatic heterocycles. The topological polar surface area (TPSA) is 252 Å². The number of aliphatic imine (C=N–C) groups is 1. The molecule has 4 saturated heterocycles. The molecular weight excluding hydrogens is 1220 g/mol. The molecule has 2 bridgehead atoms. The maximum absolute atomic E-state index is 13.9. The standard InChI is InChI=1S/C65H98F5N11O12/c1-48(71)81(59-43-54-10-11-58(59)80(54)19-14-57(49-7-4-3-5-8-49)75-64(84)50-12-16-65(69,70)17-13-50)63(72)51-44-78(45-51)60(82)9-6-18-76-20-22-77(23-21-76)24-27-86-30-33-89-37-38-91-39-40-92-47-53(74-2)46-79(73)25-28-87-31-34-90-36-35-88-32-29-85-26-15-61(83)93-62-55(67)41-52(66)42-56(62)68/h3-5,7-8,41-42,46,50-51,54,57-59,71-72H,2,6,9-40,43-45,47,73H2,1H3,(H,75,84)/b53-46-,71-48?,72-63?/t54?,57-,58?,59?/m0/s1. The number of carbonyl (C=O) groups is 3. The van der Waals surface area contributed by atoms with Crippen molar-refractivity contribution in [3.05, 3.63) is 77.4 Å². The number of likely N-dealkylation sites (tertiary alicyclic amines) is 1. The number of esters is 1. The normalized spacial score (nSPS) is 20.0. The molecule has 5 aliphatic rings. The second-order valence-electron chi connectivity index (χ2n) is 24.1. The molecule has 23 nitrogen and oxygen atoms in total. The van der Waals surface area contributed by atoms with Gasteiger partial charge in [0.25, 0.3) is 0 Å². The number of alkyl halides is 2. The number of rotatable bonds is 44. The Balaban J connectivity index is 0.621. The van der Waals surface area contributed by atoms with Gasteiger partial charge in [0.05, 0.1) is 148 Å². The van der Waals surface area contributed by atoms with Crippen LogP contribution in [0.5, 0.6) is 5.75 Å². The van der Waals surface area contributed by atoms with Crippen molar-refractivity contribution >= 4 is 36.2 Å². The molecule has 0 spiro atoms. The second kappa shape index (κ2) is 40.0. The number of hydrogen-bond donors (Lipinski definition) is 4. The summed E-state index contributed by atoms with van der Waals surface area (Å²) >= 11 is 0. The molecule has 3 unspecified atom stereocenters. The number of amidine groups is 2. The van der Waals surface area contributed by atoms with E-state index in [2.05, 4.69) is 36.5 Å². The molecule has 2 amide bonds. The summed E-state index contributed by atoms with van der Waals surface area (Å²) in [5.74, 6) is -2.07. The number of fused-ring (bicyclic) bond motifs is 2. The number of piperazine rings is 1. The quantitative estimate of drug-likeness (QED) is 0.00860. The number of nitrogens with zero attached hydrogens (tertiary/aromatic N) is 7. The van der Waals surface area contributed by atoms with Gasteiger partial charge in [0, 0.05) is 108 Å². The summed E-state index contributed by atoms with van der Waals surface area (Å²) in [6.07, 6.45) is 6.02. The predicted molar refractivity (Wildman–Crippen MR) is 338 cm³/mol. The molecule has 93 heavy (non-hydrogen) atoms. The highest BCUT2D eigenvalue weighted by Gasteiger charge is 2.51. The number of nitrogens with one attached hydrogen (secondary N) is 3. The van der Waals surface area contributed by atoms with E-state index in [1.54, 1.807) is 13.1 Å². The zero-order chi connectivity index (χ0) is 66.4. The molecule has 1 aliphatic carbocycles. The molecule has 520 valence electrons. The molecule has 7 rings (SSSR count). The van der Waals surface area contributed by atoms with Gasteiger partial charge in [0.15, 0.2) is 11.6 Å². The summed E-state index contributed by atoms with van der Waals surface area (Å²) in [4.78, 5) is 53.6. The lowest BCUT2D eigenvalue weighted by molar-refractivity contribution is -0.137. The van der Waals surface area contributed by atoms with Gasteiger partial charge < -0.3 is 67.7 Å². The molecule has 28 heteroatoms. The summed E-state index contributed by atoms with van der Waals surface area (Å²) in [5.41, 5.74) is 1.54. The largest absolute Gasteiger partial charge is 0.420 e. The van der Waals surface area contributed by atoms with Crippen LogP contribution in [0.15, 0.2) is 59.4 Å². The molecule has 5 fully saturated rings. The number of nitrogens with two attached hydrogens (primary N) is 1. The lowest BCUT2D eigenvalue weighted by Gasteiger charge is -2.45. The molecule has 2 aromatic rings. The fourth-order valence-corrected chi connectivity index (χ4v) is 12.4. The molecule has 4 heterocycles. The van der Waals surface area contributed by atoms with E-state index < -0.39 is 41.0 Å². The van der Waals surface area contributed by atoms with Gasteiger partial charge in [-0.1, -0.05) is 30.3 Å². The highest BCUT2D eigenvalue weighted by atomic mass is 19.3. The van der Waals surface area contributed by atoms with Gasteiger partial charge in [0.2, 0.25) is 23.5 Å². The Morgan fingerprint density at radius 2 is 1.29 bits per heavy atom. The summed E-state index contributed by atoms with van der Waals surface area (Å²) in [5, 5.41) is 22.8. The van der Waals surface area contributed by atoms with E-state index in [1.807, 2.05) is 40.1 Å². The molecule has 4 atom stereocenters. The van der Waals surface area contributed by atoms with Crippen molar-refractivity contribution in [3.63, 3.8) is 0 Å². The van der Waals surface area contributed by atoms with Crippen LogP contribution in [0.3, 0.4) is 0 Å². The van der Waals surface area contributed by atoms with Crippen LogP contribution in [0.2, 0.25) is 0 Å². The van der Waals surface area contributed by atoms with Gasteiger partial charge in [-0.3, -0.25) is 40.0 Å². The van der Waals surface area contributed by atoms with Crippen LogP contribution in [0.25, 0.3) is 0 Å². The van der Waals surface area contributed by atoms with Crippen LogP contribution >= 0.6 is 0 Å². The van der Waals surface area contributed by atoms with Gasteiger partial charge in [-0.2, -0.15) is 0 Å². The average Bonchev–Trinajstić information content (AvgIpc) is 1.79. The first-order valence-electron chi connectivity index (χ1n) is 32.8. The van der Waals surface area contributed by atoms with E-state index in [4.69, 9.17) is 49.1 Å². The third kappa shape index (κ3) is 25.5. The Hall–Kier alpha value is -5.63. The molecule has 5 N–H and O–H groups in total. The minimum atomic E-state index is -2.70. The number of benzene rings is 2. The number of hydrazine groups is 1. The predicted octanol–water partition coefficient (Wildman–Crippen LogP) is 6.06. The van der Waals surface area contributed by atoms with E-state index in [0.717, 1.165) is 77.1 Å². The number of carbonyl (C=O) groups excluding carboxylic acids is 3. The number of hydrogen-bond acceptors (Lipinski definition) is 20. The van der Waals surface area contributed by atoms with E-state index in [0.29, 0.717) is 147 Å². The van der Waals surface area contributed by atoms with Crippen LogP contribution in [-0.4, -0.2) is 261 Å². The fraction of sp³-hybridized carbons (Fsp3) is 0.692. The highest BCUT2D eigenvalue weighted by Crippen LogP contribution is 2.42.